The van der Waals surface area contributed by atoms with Crippen molar-refractivity contribution >= 4 is 29.3 Å². The first-order chi connectivity index (χ1) is 10.5. The second kappa shape index (κ2) is 7.26. The second-order valence-corrected chi connectivity index (χ2v) is 6.08. The van der Waals surface area contributed by atoms with Crippen LogP contribution in [-0.2, 0) is 9.59 Å². The minimum Gasteiger partial charge on any atom is -0.481 e. The van der Waals surface area contributed by atoms with Gasteiger partial charge in [-0.15, -0.1) is 11.8 Å². The first-order valence-corrected chi connectivity index (χ1v) is 7.84. The van der Waals surface area contributed by atoms with E-state index < -0.39 is 10.9 Å². The summed E-state index contributed by atoms with van der Waals surface area (Å²) in [6.07, 6.45) is 0.979. The van der Waals surface area contributed by atoms with E-state index in [1.165, 1.54) is 23.9 Å². The van der Waals surface area contributed by atoms with Gasteiger partial charge >= 0.3 is 5.97 Å². The number of likely N-dealkylation sites (tertiary alicyclic amines) is 1. The van der Waals surface area contributed by atoms with Crippen LogP contribution in [0.4, 0.5) is 5.69 Å². The first kappa shape index (κ1) is 16.3. The fourth-order valence-electron chi connectivity index (χ4n) is 2.28. The van der Waals surface area contributed by atoms with Gasteiger partial charge in [0.1, 0.15) is 0 Å². The molecule has 8 heteroatoms. The van der Waals surface area contributed by atoms with E-state index >= 15 is 0 Å². The molecule has 0 bridgehead atoms. The van der Waals surface area contributed by atoms with Crippen LogP contribution in [0, 0.1) is 16.0 Å². The van der Waals surface area contributed by atoms with Crippen molar-refractivity contribution < 1.29 is 19.6 Å². The van der Waals surface area contributed by atoms with Crippen LogP contribution in [0.3, 0.4) is 0 Å². The van der Waals surface area contributed by atoms with Crippen LogP contribution in [0.1, 0.15) is 12.8 Å². The molecule has 1 aromatic carbocycles. The molecule has 0 spiro atoms. The summed E-state index contributed by atoms with van der Waals surface area (Å²) >= 11 is 1.32. The van der Waals surface area contributed by atoms with E-state index in [1.807, 2.05) is 0 Å². The lowest BCUT2D eigenvalue weighted by Gasteiger charge is -2.30. The quantitative estimate of drug-likeness (QED) is 0.505. The van der Waals surface area contributed by atoms with Gasteiger partial charge in [0, 0.05) is 30.1 Å². The van der Waals surface area contributed by atoms with Crippen LogP contribution in [-0.4, -0.2) is 45.6 Å². The number of nitro benzene ring substituents is 1. The van der Waals surface area contributed by atoms with Crippen molar-refractivity contribution in [1.82, 2.24) is 4.90 Å². The monoisotopic (exact) mass is 324 g/mol. The number of nitrogens with zero attached hydrogens (tertiary/aromatic N) is 2. The number of carboxylic acids is 1. The smallest absolute Gasteiger partial charge is 0.306 e. The predicted molar refractivity (Wildman–Crippen MR) is 80.8 cm³/mol. The number of hydrogen-bond donors (Lipinski definition) is 1. The second-order valence-electron chi connectivity index (χ2n) is 5.03. The van der Waals surface area contributed by atoms with Gasteiger partial charge in [0.25, 0.3) is 5.69 Å². The summed E-state index contributed by atoms with van der Waals surface area (Å²) in [5, 5.41) is 19.5. The summed E-state index contributed by atoms with van der Waals surface area (Å²) in [5.74, 6) is -0.943. The van der Waals surface area contributed by atoms with E-state index in [2.05, 4.69) is 0 Å². The summed E-state index contributed by atoms with van der Waals surface area (Å²) in [6.45, 7) is 0.938. The molecule has 1 saturated heterocycles. The molecule has 0 unspecified atom stereocenters. The van der Waals surface area contributed by atoms with Crippen molar-refractivity contribution in [3.05, 3.63) is 34.4 Å². The van der Waals surface area contributed by atoms with E-state index in [4.69, 9.17) is 5.11 Å². The molecular formula is C14H16N2O5S. The minimum absolute atomic E-state index is 0.0198. The van der Waals surface area contributed by atoms with Crippen molar-refractivity contribution in [1.29, 1.82) is 0 Å². The SMILES string of the molecule is O=C(O)C1CCN(C(=O)CSc2ccc([N+](=O)[O-])cc2)CC1. The maximum atomic E-state index is 12.1. The highest BCUT2D eigenvalue weighted by atomic mass is 32.2. The summed E-state index contributed by atoms with van der Waals surface area (Å²) in [4.78, 5) is 35.5. The molecule has 1 aromatic rings. The van der Waals surface area contributed by atoms with Crippen LogP contribution < -0.4 is 0 Å². The van der Waals surface area contributed by atoms with E-state index in [9.17, 15) is 19.7 Å². The summed E-state index contributed by atoms with van der Waals surface area (Å²) in [5.41, 5.74) is 0.0198. The normalized spacial score (nSPS) is 15.5. The lowest BCUT2D eigenvalue weighted by atomic mass is 9.97. The number of aliphatic carboxylic acids is 1. The van der Waals surface area contributed by atoms with Gasteiger partial charge in [0.15, 0.2) is 0 Å². The van der Waals surface area contributed by atoms with Gasteiger partial charge in [-0.05, 0) is 25.0 Å². The lowest BCUT2D eigenvalue weighted by molar-refractivity contribution is -0.384. The van der Waals surface area contributed by atoms with Gasteiger partial charge in [-0.2, -0.15) is 0 Å². The predicted octanol–water partition coefficient (Wildman–Crippen LogP) is 2.01. The zero-order valence-electron chi connectivity index (χ0n) is 11.8. The van der Waals surface area contributed by atoms with Gasteiger partial charge in [0.2, 0.25) is 5.91 Å². The Balaban J connectivity index is 1.80. The molecule has 0 aromatic heterocycles. The van der Waals surface area contributed by atoms with E-state index in [0.29, 0.717) is 25.9 Å². The molecule has 22 heavy (non-hydrogen) atoms. The maximum absolute atomic E-state index is 12.1. The third-order valence-electron chi connectivity index (χ3n) is 3.61. The van der Waals surface area contributed by atoms with Crippen LogP contribution in [0.5, 0.6) is 0 Å². The van der Waals surface area contributed by atoms with Gasteiger partial charge in [-0.1, -0.05) is 0 Å². The number of benzene rings is 1. The summed E-state index contributed by atoms with van der Waals surface area (Å²) in [6, 6.07) is 6.05. The number of thioether (sulfide) groups is 1. The van der Waals surface area contributed by atoms with Crippen LogP contribution in [0.25, 0.3) is 0 Å². The highest BCUT2D eigenvalue weighted by Crippen LogP contribution is 2.23. The number of non-ortho nitro benzene ring substituents is 1. The molecule has 7 nitrogen and oxygen atoms in total. The molecule has 0 radical (unpaired) electrons. The number of carboxylic acid groups (broad SMARTS) is 1. The van der Waals surface area contributed by atoms with Crippen molar-refractivity contribution in [2.75, 3.05) is 18.8 Å². The van der Waals surface area contributed by atoms with Crippen LogP contribution >= 0.6 is 11.8 Å². The minimum atomic E-state index is -0.799. The Morgan fingerprint density at radius 3 is 2.36 bits per heavy atom. The number of hydrogen-bond acceptors (Lipinski definition) is 5. The Labute approximate surface area is 131 Å². The topological polar surface area (TPSA) is 101 Å². The Morgan fingerprint density at radius 1 is 1.27 bits per heavy atom. The number of nitro groups is 1. The van der Waals surface area contributed by atoms with E-state index in [0.717, 1.165) is 4.90 Å². The zero-order chi connectivity index (χ0) is 16.1. The van der Waals surface area contributed by atoms with E-state index in [1.54, 1.807) is 17.0 Å². The number of piperidine rings is 1. The lowest BCUT2D eigenvalue weighted by Crippen LogP contribution is -2.41. The zero-order valence-corrected chi connectivity index (χ0v) is 12.6. The molecule has 1 fully saturated rings. The third-order valence-corrected chi connectivity index (χ3v) is 4.60. The molecule has 1 N–H and O–H groups in total. The molecular weight excluding hydrogens is 308 g/mol. The molecule has 2 rings (SSSR count). The van der Waals surface area contributed by atoms with Crippen molar-refractivity contribution in [3.8, 4) is 0 Å². The van der Waals surface area contributed by atoms with Gasteiger partial charge < -0.3 is 10.0 Å². The molecule has 1 aliphatic rings. The summed E-state index contributed by atoms with van der Waals surface area (Å²) in [7, 11) is 0. The maximum Gasteiger partial charge on any atom is 0.306 e. The van der Waals surface area contributed by atoms with Crippen LogP contribution in [0.15, 0.2) is 29.2 Å². The number of carbonyl (C=O) groups is 2. The average Bonchev–Trinajstić information content (AvgIpc) is 2.53. The standard InChI is InChI=1S/C14H16N2O5S/c17-13(15-7-5-10(6-8-15)14(18)19)9-22-12-3-1-11(2-4-12)16(20)21/h1-4,10H,5-9H2,(H,18,19). The van der Waals surface area contributed by atoms with Gasteiger partial charge in [0.05, 0.1) is 16.6 Å². The largest absolute Gasteiger partial charge is 0.481 e. The average molecular weight is 324 g/mol. The van der Waals surface area contributed by atoms with Crippen LogP contribution in [0.2, 0.25) is 0 Å². The fourth-order valence-corrected chi connectivity index (χ4v) is 3.08. The fraction of sp³-hybridized carbons (Fsp3) is 0.429. The molecule has 0 aliphatic carbocycles. The Morgan fingerprint density at radius 2 is 1.86 bits per heavy atom. The highest BCUT2D eigenvalue weighted by molar-refractivity contribution is 8.00. The van der Waals surface area contributed by atoms with Crippen molar-refractivity contribution in [2.45, 2.75) is 17.7 Å². The molecule has 0 atom stereocenters. The van der Waals surface area contributed by atoms with E-state index in [-0.39, 0.29) is 23.3 Å². The molecule has 1 amide bonds. The molecule has 0 saturated carbocycles. The Kier molecular flexibility index (Phi) is 5.37. The first-order valence-electron chi connectivity index (χ1n) is 6.85. The molecule has 1 aliphatic heterocycles. The van der Waals surface area contributed by atoms with Gasteiger partial charge in [-0.3, -0.25) is 19.7 Å². The number of amides is 1. The Hall–Kier alpha value is -2.09. The third kappa shape index (κ3) is 4.20. The molecule has 118 valence electrons. The van der Waals surface area contributed by atoms with Crippen molar-refractivity contribution in [3.63, 3.8) is 0 Å². The summed E-state index contributed by atoms with van der Waals surface area (Å²) < 4.78 is 0. The highest BCUT2D eigenvalue weighted by Gasteiger charge is 2.26. The van der Waals surface area contributed by atoms with Gasteiger partial charge in [-0.25, -0.2) is 0 Å². The number of carbonyl (C=O) groups excluding carboxylic acids is 1. The Bertz CT molecular complexity index is 567. The molecule has 1 heterocycles. The van der Waals surface area contributed by atoms with Crippen molar-refractivity contribution in [2.24, 2.45) is 5.92 Å². The number of rotatable bonds is 5.